The number of alkyl halides is 2. The molecule has 0 spiro atoms. The lowest BCUT2D eigenvalue weighted by atomic mass is 9.91. The van der Waals surface area contributed by atoms with E-state index in [2.05, 4.69) is 16.9 Å². The molecule has 2 aliphatic rings. The lowest BCUT2D eigenvalue weighted by Gasteiger charge is -2.26. The first-order valence-corrected chi connectivity index (χ1v) is 14.1. The van der Waals surface area contributed by atoms with Gasteiger partial charge in [0.25, 0.3) is 0 Å². The van der Waals surface area contributed by atoms with E-state index in [-0.39, 0.29) is 30.0 Å². The standard InChI is InChI=1S/C29H38F2N4O7/c1-15(2)25(37)24-17(4)22(13-35(24)23(36)12-32-28(38)39)42-27-26(29(30,31)14-41-9-8-18-10-16(18)3)33-20-7-6-19(40-5)11-21(20)34-27/h6-7,11,15-18,22,24,32H,8-10,12-14H2,1-5H3,(H,38,39)/t16?,17-,18-,22?,24+/m1/s1. The average molecular weight is 593 g/mol. The van der Waals surface area contributed by atoms with Gasteiger partial charge in [0.05, 0.1) is 30.7 Å². The number of hydrogen-bond acceptors (Lipinski definition) is 8. The summed E-state index contributed by atoms with van der Waals surface area (Å²) in [5, 5.41) is 11.0. The number of carbonyl (C=O) groups is 3. The Morgan fingerprint density at radius 2 is 1.90 bits per heavy atom. The van der Waals surface area contributed by atoms with Gasteiger partial charge in [-0.3, -0.25) is 9.59 Å². The molecule has 1 aliphatic heterocycles. The Bertz CT molecular complexity index is 1320. The number of methoxy groups -OCH3 is 1. The zero-order valence-electron chi connectivity index (χ0n) is 24.4. The van der Waals surface area contributed by atoms with Gasteiger partial charge in [0.1, 0.15) is 25.0 Å². The fraction of sp³-hybridized carbons (Fsp3) is 0.621. The number of rotatable bonds is 13. The molecule has 1 saturated carbocycles. The van der Waals surface area contributed by atoms with Crippen LogP contribution in [0.4, 0.5) is 13.6 Å². The summed E-state index contributed by atoms with van der Waals surface area (Å²) in [6.07, 6.45) is -0.522. The van der Waals surface area contributed by atoms with Crippen molar-refractivity contribution in [2.24, 2.45) is 23.7 Å². The highest BCUT2D eigenvalue weighted by atomic mass is 19.3. The van der Waals surface area contributed by atoms with Crippen molar-refractivity contribution < 1.29 is 42.5 Å². The summed E-state index contributed by atoms with van der Waals surface area (Å²) in [5.74, 6) is -4.41. The molecule has 1 aliphatic carbocycles. The van der Waals surface area contributed by atoms with Crippen LogP contribution in [-0.4, -0.2) is 83.3 Å². The van der Waals surface area contributed by atoms with Crippen molar-refractivity contribution in [2.75, 3.05) is 33.4 Å². The van der Waals surface area contributed by atoms with Crippen LogP contribution in [0.3, 0.4) is 0 Å². The topological polar surface area (TPSA) is 140 Å². The zero-order valence-corrected chi connectivity index (χ0v) is 24.4. The van der Waals surface area contributed by atoms with Crippen LogP contribution in [0, 0.1) is 23.7 Å². The van der Waals surface area contributed by atoms with Gasteiger partial charge < -0.3 is 29.5 Å². The quantitative estimate of drug-likeness (QED) is 0.332. The second-order valence-corrected chi connectivity index (χ2v) is 11.5. The summed E-state index contributed by atoms with van der Waals surface area (Å²) in [4.78, 5) is 46.9. The Hall–Kier alpha value is -3.61. The van der Waals surface area contributed by atoms with E-state index < -0.39 is 66.6 Å². The van der Waals surface area contributed by atoms with Crippen molar-refractivity contribution in [1.29, 1.82) is 0 Å². The van der Waals surface area contributed by atoms with Crippen LogP contribution < -0.4 is 14.8 Å². The Labute approximate surface area is 242 Å². The molecule has 5 atom stereocenters. The Morgan fingerprint density at radius 1 is 1.19 bits per heavy atom. The van der Waals surface area contributed by atoms with Crippen LogP contribution in [0.5, 0.6) is 11.6 Å². The van der Waals surface area contributed by atoms with E-state index >= 15 is 8.78 Å². The van der Waals surface area contributed by atoms with E-state index in [9.17, 15) is 14.4 Å². The molecule has 1 saturated heterocycles. The Morgan fingerprint density at radius 3 is 2.52 bits per heavy atom. The Kier molecular flexibility index (Phi) is 9.49. The van der Waals surface area contributed by atoms with Gasteiger partial charge in [-0.05, 0) is 36.8 Å². The van der Waals surface area contributed by atoms with Crippen LogP contribution in [0.15, 0.2) is 18.2 Å². The minimum Gasteiger partial charge on any atom is -0.497 e. The van der Waals surface area contributed by atoms with Gasteiger partial charge in [-0.15, -0.1) is 0 Å². The summed E-state index contributed by atoms with van der Waals surface area (Å²) >= 11 is 0. The second-order valence-electron chi connectivity index (χ2n) is 11.5. The van der Waals surface area contributed by atoms with Gasteiger partial charge in [0.15, 0.2) is 11.5 Å². The van der Waals surface area contributed by atoms with Gasteiger partial charge in [0, 0.05) is 24.5 Å². The number of likely N-dealkylation sites (tertiary alicyclic amines) is 1. The molecular weight excluding hydrogens is 554 g/mol. The maximum absolute atomic E-state index is 15.7. The van der Waals surface area contributed by atoms with E-state index in [1.54, 1.807) is 32.9 Å². The number of aromatic nitrogens is 2. The maximum atomic E-state index is 15.7. The minimum absolute atomic E-state index is 0.136. The first kappa shape index (κ1) is 31.3. The molecule has 4 rings (SSSR count). The molecule has 2 unspecified atom stereocenters. The van der Waals surface area contributed by atoms with E-state index in [0.717, 1.165) is 6.42 Å². The number of Topliss-reactive ketones (excluding diaryl/α,β-unsaturated/α-hetero) is 1. The van der Waals surface area contributed by atoms with E-state index in [1.165, 1.54) is 18.1 Å². The third kappa shape index (κ3) is 7.05. The number of nitrogens with zero attached hydrogens (tertiary/aromatic N) is 3. The minimum atomic E-state index is -3.55. The van der Waals surface area contributed by atoms with Gasteiger partial charge in [-0.25, -0.2) is 14.8 Å². The average Bonchev–Trinajstić information content (AvgIpc) is 3.56. The molecule has 42 heavy (non-hydrogen) atoms. The molecule has 1 aromatic heterocycles. The number of ketones is 1. The van der Waals surface area contributed by atoms with Crippen LogP contribution in [0.1, 0.15) is 46.2 Å². The van der Waals surface area contributed by atoms with Crippen LogP contribution >= 0.6 is 0 Å². The maximum Gasteiger partial charge on any atom is 0.405 e. The van der Waals surface area contributed by atoms with Crippen LogP contribution in [-0.2, 0) is 20.2 Å². The molecule has 2 fully saturated rings. The third-order valence-corrected chi connectivity index (χ3v) is 8.01. The molecule has 13 heteroatoms. The molecule has 2 heterocycles. The number of benzene rings is 1. The van der Waals surface area contributed by atoms with E-state index in [4.69, 9.17) is 19.3 Å². The molecule has 0 bridgehead atoms. The SMILES string of the molecule is COc1ccc2nc(C(F)(F)COCC[C@@H]3CC3C)c(OC3CN(C(=O)CNC(=O)O)[C@H](C(=O)C(C)C)[C@@H]3C)nc2c1. The first-order chi connectivity index (χ1) is 19.8. The number of fused-ring (bicyclic) bond motifs is 1. The molecule has 1 aromatic carbocycles. The first-order valence-electron chi connectivity index (χ1n) is 14.1. The van der Waals surface area contributed by atoms with E-state index in [1.807, 2.05) is 5.32 Å². The van der Waals surface area contributed by atoms with Crippen molar-refractivity contribution in [3.8, 4) is 11.6 Å². The molecule has 2 N–H and O–H groups in total. The number of carboxylic acid groups (broad SMARTS) is 1. The summed E-state index contributed by atoms with van der Waals surface area (Å²) in [6.45, 7) is 5.77. The lowest BCUT2D eigenvalue weighted by molar-refractivity contribution is -0.138. The van der Waals surface area contributed by atoms with E-state index in [0.29, 0.717) is 24.0 Å². The third-order valence-electron chi connectivity index (χ3n) is 8.01. The van der Waals surface area contributed by atoms with Gasteiger partial charge in [-0.1, -0.05) is 27.7 Å². The van der Waals surface area contributed by atoms with Crippen molar-refractivity contribution in [3.63, 3.8) is 0 Å². The highest BCUT2D eigenvalue weighted by Crippen LogP contribution is 2.41. The second kappa shape index (κ2) is 12.7. The number of nitrogens with one attached hydrogen (secondary N) is 1. The fourth-order valence-corrected chi connectivity index (χ4v) is 5.28. The molecule has 11 nitrogen and oxygen atoms in total. The lowest BCUT2D eigenvalue weighted by Crippen LogP contribution is -2.48. The molecule has 2 amide bonds. The number of ether oxygens (including phenoxy) is 3. The normalized spacial score (nSPS) is 23.7. The van der Waals surface area contributed by atoms with Crippen molar-refractivity contribution >= 4 is 28.8 Å². The van der Waals surface area contributed by atoms with Crippen molar-refractivity contribution in [1.82, 2.24) is 20.2 Å². The number of hydrogen-bond donors (Lipinski definition) is 2. The predicted molar refractivity (Wildman–Crippen MR) is 148 cm³/mol. The van der Waals surface area contributed by atoms with Crippen LogP contribution in [0.2, 0.25) is 0 Å². The number of amides is 2. The summed E-state index contributed by atoms with van der Waals surface area (Å²) in [7, 11) is 1.46. The summed E-state index contributed by atoms with van der Waals surface area (Å²) < 4.78 is 48.0. The van der Waals surface area contributed by atoms with Crippen molar-refractivity contribution in [3.05, 3.63) is 23.9 Å². The largest absolute Gasteiger partial charge is 0.497 e. The summed E-state index contributed by atoms with van der Waals surface area (Å²) in [6, 6.07) is 3.71. The van der Waals surface area contributed by atoms with Gasteiger partial charge in [-0.2, -0.15) is 8.78 Å². The van der Waals surface area contributed by atoms with Gasteiger partial charge >= 0.3 is 12.0 Å². The fourth-order valence-electron chi connectivity index (χ4n) is 5.28. The predicted octanol–water partition coefficient (Wildman–Crippen LogP) is 3.88. The smallest absolute Gasteiger partial charge is 0.405 e. The Balaban J connectivity index is 1.64. The molecule has 230 valence electrons. The van der Waals surface area contributed by atoms with Gasteiger partial charge in [0.2, 0.25) is 11.8 Å². The highest BCUT2D eigenvalue weighted by Gasteiger charge is 2.48. The summed E-state index contributed by atoms with van der Waals surface area (Å²) in [5.41, 5.74) is -0.253. The highest BCUT2D eigenvalue weighted by molar-refractivity contribution is 5.92. The molecular formula is C29H38F2N4O7. The number of carbonyl (C=O) groups excluding carboxylic acids is 2. The molecule has 2 aromatic rings. The monoisotopic (exact) mass is 592 g/mol. The van der Waals surface area contributed by atoms with Crippen LogP contribution in [0.25, 0.3) is 11.0 Å². The number of halogens is 2. The molecule has 0 radical (unpaired) electrons. The van der Waals surface area contributed by atoms with Crippen molar-refractivity contribution in [2.45, 2.75) is 58.6 Å². The zero-order chi connectivity index (χ0) is 30.8.